The summed E-state index contributed by atoms with van der Waals surface area (Å²) in [7, 11) is 1.45. The Morgan fingerprint density at radius 2 is 2.11 bits per heavy atom. The van der Waals surface area contributed by atoms with Gasteiger partial charge in [-0.15, -0.1) is 24.0 Å². The highest BCUT2D eigenvalue weighted by molar-refractivity contribution is 14.0. The number of rotatable bonds is 5. The van der Waals surface area contributed by atoms with Crippen LogP contribution in [0.15, 0.2) is 29.3 Å². The average Bonchev–Trinajstić information content (AvgIpc) is 3.20. The van der Waals surface area contributed by atoms with Crippen LogP contribution in [0.1, 0.15) is 19.7 Å². The molecule has 154 valence electrons. The Labute approximate surface area is 183 Å². The van der Waals surface area contributed by atoms with Crippen molar-refractivity contribution < 1.29 is 9.53 Å². The Morgan fingerprint density at radius 1 is 1.36 bits per heavy atom. The van der Waals surface area contributed by atoms with E-state index in [1.54, 1.807) is 0 Å². The molecule has 7 nitrogen and oxygen atoms in total. The van der Waals surface area contributed by atoms with Gasteiger partial charge in [0.15, 0.2) is 5.96 Å². The van der Waals surface area contributed by atoms with E-state index in [1.165, 1.54) is 7.11 Å². The highest BCUT2D eigenvalue weighted by atomic mass is 127. The number of nitrogens with one attached hydrogen (secondary N) is 1. The van der Waals surface area contributed by atoms with Crippen molar-refractivity contribution in [3.63, 3.8) is 0 Å². The third-order valence-corrected chi connectivity index (χ3v) is 5.18. The van der Waals surface area contributed by atoms with Gasteiger partial charge in [-0.25, -0.2) is 4.98 Å². The normalized spacial score (nSPS) is 19.6. The number of aromatic nitrogens is 2. The Bertz CT molecular complexity index is 835. The molecule has 28 heavy (non-hydrogen) atoms. The molecule has 2 unspecified atom stereocenters. The van der Waals surface area contributed by atoms with Crippen molar-refractivity contribution >= 4 is 46.9 Å². The van der Waals surface area contributed by atoms with Crippen LogP contribution in [-0.2, 0) is 16.1 Å². The van der Waals surface area contributed by atoms with Crippen molar-refractivity contribution in [3.05, 3.63) is 30.1 Å². The number of fused-ring (bicyclic) bond motifs is 1. The van der Waals surface area contributed by atoms with Gasteiger partial charge in [0.05, 0.1) is 30.6 Å². The van der Waals surface area contributed by atoms with Crippen LogP contribution in [0.25, 0.3) is 11.0 Å². The van der Waals surface area contributed by atoms with Crippen LogP contribution in [0.2, 0.25) is 0 Å². The molecule has 0 bridgehead atoms. The topological polar surface area (TPSA) is 71.8 Å². The average molecular weight is 499 g/mol. The van der Waals surface area contributed by atoms with Gasteiger partial charge in [-0.3, -0.25) is 9.79 Å². The summed E-state index contributed by atoms with van der Waals surface area (Å²) in [5, 5.41) is 3.35. The van der Waals surface area contributed by atoms with E-state index in [0.717, 1.165) is 42.5 Å². The lowest BCUT2D eigenvalue weighted by molar-refractivity contribution is -0.145. The van der Waals surface area contributed by atoms with E-state index in [1.807, 2.05) is 25.1 Å². The number of para-hydroxylation sites is 2. The number of likely N-dealkylation sites (tertiary alicyclic amines) is 1. The van der Waals surface area contributed by atoms with Crippen LogP contribution in [0.3, 0.4) is 0 Å². The zero-order chi connectivity index (χ0) is 19.4. The van der Waals surface area contributed by atoms with E-state index >= 15 is 0 Å². The van der Waals surface area contributed by atoms with E-state index in [-0.39, 0.29) is 41.8 Å². The quantitative estimate of drug-likeness (QED) is 0.297. The number of aliphatic imine (C=N–C) groups is 1. The minimum Gasteiger partial charge on any atom is -0.469 e. The summed E-state index contributed by atoms with van der Waals surface area (Å²) < 4.78 is 7.14. The smallest absolute Gasteiger partial charge is 0.310 e. The number of imidazole rings is 1. The fraction of sp³-hybridized carbons (Fsp3) is 0.550. The maximum Gasteiger partial charge on any atom is 0.310 e. The molecule has 2 atom stereocenters. The number of ether oxygens (including phenoxy) is 1. The number of nitrogens with zero attached hydrogens (tertiary/aromatic N) is 4. The molecule has 1 N–H and O–H groups in total. The first-order chi connectivity index (χ1) is 13.0. The molecule has 0 saturated carbocycles. The minimum atomic E-state index is -0.138. The van der Waals surface area contributed by atoms with E-state index in [4.69, 9.17) is 9.73 Å². The summed E-state index contributed by atoms with van der Waals surface area (Å²) in [6, 6.07) is 8.16. The van der Waals surface area contributed by atoms with E-state index in [2.05, 4.69) is 39.7 Å². The fourth-order valence-corrected chi connectivity index (χ4v) is 3.76. The number of guanidine groups is 1. The number of hydrogen-bond donors (Lipinski definition) is 1. The number of methoxy groups -OCH3 is 1. The molecular formula is C20H30IN5O2. The van der Waals surface area contributed by atoms with E-state index in [0.29, 0.717) is 13.1 Å². The van der Waals surface area contributed by atoms with Crippen LogP contribution in [0.5, 0.6) is 0 Å². The van der Waals surface area contributed by atoms with Crippen molar-refractivity contribution in [2.45, 2.75) is 27.3 Å². The molecule has 0 amide bonds. The lowest BCUT2D eigenvalue weighted by Gasteiger charge is -2.21. The zero-order valence-corrected chi connectivity index (χ0v) is 19.3. The monoisotopic (exact) mass is 499 g/mol. The second kappa shape index (κ2) is 10.1. The van der Waals surface area contributed by atoms with E-state index < -0.39 is 0 Å². The van der Waals surface area contributed by atoms with Crippen molar-refractivity contribution in [2.24, 2.45) is 16.8 Å². The van der Waals surface area contributed by atoms with Crippen molar-refractivity contribution in [3.8, 4) is 0 Å². The first-order valence-corrected chi connectivity index (χ1v) is 9.58. The number of carbonyl (C=O) groups excluding carboxylic acids is 1. The number of aryl methyl sites for hydroxylation is 1. The molecule has 1 saturated heterocycles. The Balaban J connectivity index is 0.00000280. The predicted octanol–water partition coefficient (Wildman–Crippen LogP) is 2.67. The molecular weight excluding hydrogens is 469 g/mol. The molecule has 0 aliphatic carbocycles. The standard InChI is InChI=1S/C20H29N5O2.HI/c1-5-21-20(24-12-14(2)16(13-24)19(26)27-4)22-10-11-25-15(3)23-17-8-6-7-9-18(17)25;/h6-9,14,16H,5,10-13H2,1-4H3,(H,21,22);1H. The first kappa shape index (κ1) is 22.4. The molecule has 1 aliphatic heterocycles. The molecule has 1 aromatic heterocycles. The van der Waals surface area contributed by atoms with Crippen LogP contribution in [0, 0.1) is 18.8 Å². The summed E-state index contributed by atoms with van der Waals surface area (Å²) in [4.78, 5) is 23.5. The summed E-state index contributed by atoms with van der Waals surface area (Å²) in [5.74, 6) is 1.87. The zero-order valence-electron chi connectivity index (χ0n) is 17.0. The van der Waals surface area contributed by atoms with Crippen LogP contribution in [0.4, 0.5) is 0 Å². The largest absolute Gasteiger partial charge is 0.469 e. The molecule has 1 aliphatic rings. The van der Waals surface area contributed by atoms with Crippen LogP contribution < -0.4 is 5.32 Å². The molecule has 0 spiro atoms. The number of halogens is 1. The lowest BCUT2D eigenvalue weighted by Crippen LogP contribution is -2.40. The Morgan fingerprint density at radius 3 is 2.82 bits per heavy atom. The molecule has 1 fully saturated rings. The number of hydrogen-bond acceptors (Lipinski definition) is 4. The predicted molar refractivity (Wildman–Crippen MR) is 122 cm³/mol. The molecule has 0 radical (unpaired) electrons. The van der Waals surface area contributed by atoms with Gasteiger partial charge in [-0.1, -0.05) is 19.1 Å². The van der Waals surface area contributed by atoms with Crippen molar-refractivity contribution in [1.82, 2.24) is 19.8 Å². The highest BCUT2D eigenvalue weighted by Gasteiger charge is 2.36. The van der Waals surface area contributed by atoms with Crippen LogP contribution >= 0.6 is 24.0 Å². The van der Waals surface area contributed by atoms with Crippen LogP contribution in [-0.4, -0.2) is 59.7 Å². The fourth-order valence-electron chi connectivity index (χ4n) is 3.76. The number of carbonyl (C=O) groups is 1. The van der Waals surface area contributed by atoms with E-state index in [9.17, 15) is 4.79 Å². The molecule has 1 aromatic carbocycles. The van der Waals surface area contributed by atoms with Gasteiger partial charge in [-0.2, -0.15) is 0 Å². The molecule has 8 heteroatoms. The second-order valence-electron chi connectivity index (χ2n) is 7.05. The molecule has 2 heterocycles. The van der Waals surface area contributed by atoms with Gasteiger partial charge in [0, 0.05) is 26.2 Å². The maximum atomic E-state index is 12.0. The Hall–Kier alpha value is -1.84. The van der Waals surface area contributed by atoms with Crippen molar-refractivity contribution in [2.75, 3.05) is 33.3 Å². The van der Waals surface area contributed by atoms with Gasteiger partial charge in [0.2, 0.25) is 0 Å². The van der Waals surface area contributed by atoms with Gasteiger partial charge in [0.1, 0.15) is 5.82 Å². The number of esters is 1. The van der Waals surface area contributed by atoms with Gasteiger partial charge in [-0.05, 0) is 31.9 Å². The minimum absolute atomic E-state index is 0. The third-order valence-electron chi connectivity index (χ3n) is 5.18. The summed E-state index contributed by atoms with van der Waals surface area (Å²) in [6.07, 6.45) is 0. The Kier molecular flexibility index (Phi) is 8.09. The van der Waals surface area contributed by atoms with Gasteiger partial charge in [0.25, 0.3) is 0 Å². The SMILES string of the molecule is CCNC(=NCCn1c(C)nc2ccccc21)N1CC(C)C(C(=O)OC)C1.I. The maximum absolute atomic E-state index is 12.0. The summed E-state index contributed by atoms with van der Waals surface area (Å²) >= 11 is 0. The highest BCUT2D eigenvalue weighted by Crippen LogP contribution is 2.24. The summed E-state index contributed by atoms with van der Waals surface area (Å²) in [5.41, 5.74) is 2.15. The third kappa shape index (κ3) is 4.76. The second-order valence-corrected chi connectivity index (χ2v) is 7.05. The first-order valence-electron chi connectivity index (χ1n) is 9.58. The lowest BCUT2D eigenvalue weighted by atomic mass is 9.99. The molecule has 2 aromatic rings. The van der Waals surface area contributed by atoms with Crippen molar-refractivity contribution in [1.29, 1.82) is 0 Å². The number of benzene rings is 1. The van der Waals surface area contributed by atoms with Gasteiger partial charge >= 0.3 is 5.97 Å². The summed E-state index contributed by atoms with van der Waals surface area (Å²) in [6.45, 7) is 9.83. The molecule has 3 rings (SSSR count). The van der Waals surface area contributed by atoms with Gasteiger partial charge < -0.3 is 19.5 Å².